The minimum Gasteiger partial charge on any atom is -0.364 e. The van der Waals surface area contributed by atoms with Gasteiger partial charge in [0.1, 0.15) is 6.33 Å². The van der Waals surface area contributed by atoms with Crippen LogP contribution in [-0.4, -0.2) is 27.0 Å². The maximum absolute atomic E-state index is 11.3. The van der Waals surface area contributed by atoms with Gasteiger partial charge in [0.25, 0.3) is 0 Å². The van der Waals surface area contributed by atoms with Crippen molar-refractivity contribution >= 4 is 17.3 Å². The molecule has 1 aromatic rings. The van der Waals surface area contributed by atoms with Gasteiger partial charge in [0.15, 0.2) is 0 Å². The first kappa shape index (κ1) is 17.1. The second-order valence-electron chi connectivity index (χ2n) is 6.29. The van der Waals surface area contributed by atoms with Gasteiger partial charge >= 0.3 is 5.69 Å². The van der Waals surface area contributed by atoms with E-state index in [4.69, 9.17) is 0 Å². The van der Waals surface area contributed by atoms with Crippen LogP contribution in [0.15, 0.2) is 6.33 Å². The van der Waals surface area contributed by atoms with Crippen molar-refractivity contribution in [2.24, 2.45) is 5.92 Å². The number of nitrogens with zero attached hydrogens (tertiary/aromatic N) is 3. The molecule has 0 fully saturated rings. The lowest BCUT2D eigenvalue weighted by Gasteiger charge is -2.21. The summed E-state index contributed by atoms with van der Waals surface area (Å²) in [7, 11) is 0. The minimum absolute atomic E-state index is 0.150. The summed E-state index contributed by atoms with van der Waals surface area (Å²) in [6.45, 7) is 10.6. The Morgan fingerprint density at radius 1 is 1.29 bits per heavy atom. The topological polar surface area (TPSA) is 105 Å². The average Bonchev–Trinajstić information content (AvgIpc) is 2.34. The van der Waals surface area contributed by atoms with E-state index in [0.29, 0.717) is 12.5 Å². The Bertz CT molecular complexity index is 484. The molecule has 1 heterocycles. The first-order chi connectivity index (χ1) is 9.70. The molecule has 0 aliphatic rings. The van der Waals surface area contributed by atoms with Gasteiger partial charge in [-0.05, 0) is 33.1 Å². The second kappa shape index (κ2) is 7.16. The Morgan fingerprint density at radius 2 is 1.90 bits per heavy atom. The molecular formula is C13H24N6O2. The Morgan fingerprint density at radius 3 is 2.43 bits per heavy atom. The van der Waals surface area contributed by atoms with Crippen molar-refractivity contribution < 1.29 is 4.92 Å². The van der Waals surface area contributed by atoms with Crippen LogP contribution in [0.3, 0.4) is 0 Å². The van der Waals surface area contributed by atoms with Crippen molar-refractivity contribution in [1.82, 2.24) is 15.4 Å². The lowest BCUT2D eigenvalue weighted by Crippen LogP contribution is -2.40. The number of rotatable bonds is 7. The van der Waals surface area contributed by atoms with Gasteiger partial charge in [-0.15, -0.1) is 0 Å². The van der Waals surface area contributed by atoms with Crippen LogP contribution >= 0.6 is 0 Å². The Kier molecular flexibility index (Phi) is 5.83. The molecule has 0 aliphatic carbocycles. The van der Waals surface area contributed by atoms with E-state index >= 15 is 0 Å². The van der Waals surface area contributed by atoms with Crippen molar-refractivity contribution in [3.05, 3.63) is 16.4 Å². The summed E-state index contributed by atoms with van der Waals surface area (Å²) >= 11 is 0. The number of aromatic nitrogens is 2. The highest BCUT2D eigenvalue weighted by atomic mass is 16.6. The van der Waals surface area contributed by atoms with Gasteiger partial charge in [0, 0.05) is 12.1 Å². The Labute approximate surface area is 124 Å². The van der Waals surface area contributed by atoms with Crippen LogP contribution < -0.4 is 16.2 Å². The predicted octanol–water partition coefficient (Wildman–Crippen LogP) is 2.56. The van der Waals surface area contributed by atoms with Crippen LogP contribution in [0.5, 0.6) is 0 Å². The number of hydrazine groups is 1. The van der Waals surface area contributed by atoms with Gasteiger partial charge in [-0.3, -0.25) is 15.5 Å². The van der Waals surface area contributed by atoms with Gasteiger partial charge in [0.2, 0.25) is 11.6 Å². The number of hydrogen-bond donors (Lipinski definition) is 3. The van der Waals surface area contributed by atoms with Crippen LogP contribution in [0, 0.1) is 16.0 Å². The SMILES string of the molecule is CC(C)CCNc1ncnc(NNC(C)(C)C)c1[N+](=O)[O-]. The van der Waals surface area contributed by atoms with Gasteiger partial charge in [-0.1, -0.05) is 13.8 Å². The van der Waals surface area contributed by atoms with E-state index in [1.54, 1.807) is 0 Å². The van der Waals surface area contributed by atoms with Crippen molar-refractivity contribution in [3.63, 3.8) is 0 Å². The Balaban J connectivity index is 2.90. The number of anilines is 2. The Hall–Kier alpha value is -1.96. The van der Waals surface area contributed by atoms with E-state index in [2.05, 4.69) is 40.0 Å². The third-order valence-electron chi connectivity index (χ3n) is 2.57. The molecule has 8 nitrogen and oxygen atoms in total. The number of nitrogens with one attached hydrogen (secondary N) is 3. The predicted molar refractivity (Wildman–Crippen MR) is 83.1 cm³/mol. The molecular weight excluding hydrogens is 272 g/mol. The molecule has 118 valence electrons. The highest BCUT2D eigenvalue weighted by Gasteiger charge is 2.23. The molecule has 0 aliphatic heterocycles. The quantitative estimate of drug-likeness (QED) is 0.524. The highest BCUT2D eigenvalue weighted by molar-refractivity contribution is 5.68. The van der Waals surface area contributed by atoms with Crippen LogP contribution in [-0.2, 0) is 0 Å². The first-order valence-electron chi connectivity index (χ1n) is 6.97. The van der Waals surface area contributed by atoms with E-state index in [9.17, 15) is 10.1 Å². The number of hydrogen-bond acceptors (Lipinski definition) is 7. The maximum Gasteiger partial charge on any atom is 0.354 e. The fourth-order valence-electron chi connectivity index (χ4n) is 1.50. The molecule has 0 radical (unpaired) electrons. The first-order valence-corrected chi connectivity index (χ1v) is 6.97. The molecule has 1 rings (SSSR count). The molecule has 0 spiro atoms. The molecule has 21 heavy (non-hydrogen) atoms. The maximum atomic E-state index is 11.3. The molecule has 1 aromatic heterocycles. The standard InChI is InChI=1S/C13H24N6O2/c1-9(2)6-7-14-11-10(19(20)21)12(16-8-15-11)17-18-13(3,4)5/h8-9,18H,6-7H2,1-5H3,(H2,14,15,16,17). The zero-order chi connectivity index (χ0) is 16.0. The summed E-state index contributed by atoms with van der Waals surface area (Å²) < 4.78 is 0. The van der Waals surface area contributed by atoms with Crippen molar-refractivity contribution in [3.8, 4) is 0 Å². The summed E-state index contributed by atoms with van der Waals surface area (Å²) in [5.74, 6) is 0.893. The van der Waals surface area contributed by atoms with Gasteiger partial charge < -0.3 is 5.32 Å². The number of nitro groups is 1. The van der Waals surface area contributed by atoms with Gasteiger partial charge in [-0.25, -0.2) is 15.4 Å². The molecule has 3 N–H and O–H groups in total. The minimum atomic E-state index is -0.482. The summed E-state index contributed by atoms with van der Waals surface area (Å²) in [4.78, 5) is 18.7. The zero-order valence-corrected chi connectivity index (χ0v) is 13.2. The summed E-state index contributed by atoms with van der Waals surface area (Å²) in [5.41, 5.74) is 5.35. The third kappa shape index (κ3) is 5.90. The molecule has 0 bridgehead atoms. The van der Waals surface area contributed by atoms with E-state index in [1.165, 1.54) is 6.33 Å². The zero-order valence-electron chi connectivity index (χ0n) is 13.2. The van der Waals surface area contributed by atoms with Crippen molar-refractivity contribution in [1.29, 1.82) is 0 Å². The van der Waals surface area contributed by atoms with E-state index in [1.807, 2.05) is 20.8 Å². The van der Waals surface area contributed by atoms with Crippen LogP contribution in [0.4, 0.5) is 17.3 Å². The van der Waals surface area contributed by atoms with E-state index in [0.717, 1.165) is 6.42 Å². The lowest BCUT2D eigenvalue weighted by atomic mass is 10.1. The summed E-state index contributed by atoms with van der Waals surface area (Å²) in [6, 6.07) is 0. The van der Waals surface area contributed by atoms with Crippen molar-refractivity contribution in [2.75, 3.05) is 17.3 Å². The van der Waals surface area contributed by atoms with E-state index in [-0.39, 0.29) is 22.9 Å². The lowest BCUT2D eigenvalue weighted by molar-refractivity contribution is -0.383. The molecule has 0 atom stereocenters. The molecule has 0 saturated carbocycles. The van der Waals surface area contributed by atoms with Crippen LogP contribution in [0.25, 0.3) is 0 Å². The smallest absolute Gasteiger partial charge is 0.354 e. The molecule has 0 aromatic carbocycles. The van der Waals surface area contributed by atoms with Crippen molar-refractivity contribution in [2.45, 2.75) is 46.6 Å². The summed E-state index contributed by atoms with van der Waals surface area (Å²) in [6.07, 6.45) is 2.21. The largest absolute Gasteiger partial charge is 0.364 e. The highest BCUT2D eigenvalue weighted by Crippen LogP contribution is 2.28. The van der Waals surface area contributed by atoms with Crippen LogP contribution in [0.2, 0.25) is 0 Å². The monoisotopic (exact) mass is 296 g/mol. The third-order valence-corrected chi connectivity index (χ3v) is 2.57. The summed E-state index contributed by atoms with van der Waals surface area (Å²) in [5, 5.41) is 14.3. The average molecular weight is 296 g/mol. The fourth-order valence-corrected chi connectivity index (χ4v) is 1.50. The van der Waals surface area contributed by atoms with Gasteiger partial charge in [0.05, 0.1) is 4.92 Å². The van der Waals surface area contributed by atoms with Crippen LogP contribution in [0.1, 0.15) is 41.0 Å². The second-order valence-corrected chi connectivity index (χ2v) is 6.29. The fraction of sp³-hybridized carbons (Fsp3) is 0.692. The normalized spacial score (nSPS) is 11.5. The molecule has 0 unspecified atom stereocenters. The van der Waals surface area contributed by atoms with Gasteiger partial charge in [-0.2, -0.15) is 0 Å². The molecule has 0 saturated heterocycles. The molecule has 8 heteroatoms. The molecule has 0 amide bonds. The van der Waals surface area contributed by atoms with E-state index < -0.39 is 4.92 Å².